The van der Waals surface area contributed by atoms with E-state index in [2.05, 4.69) is 76.8 Å². The third-order valence-corrected chi connectivity index (χ3v) is 4.74. The van der Waals surface area contributed by atoms with Gasteiger partial charge in [-0.1, -0.05) is 52.3 Å². The Morgan fingerprint density at radius 1 is 1.20 bits per heavy atom. The molecule has 0 spiro atoms. The van der Waals surface area contributed by atoms with Crippen LogP contribution in [0.4, 0.5) is 0 Å². The zero-order valence-electron chi connectivity index (χ0n) is 11.5. The van der Waals surface area contributed by atoms with E-state index in [-0.39, 0.29) is 6.04 Å². The molecule has 3 rings (SSSR count). The van der Waals surface area contributed by atoms with E-state index in [1.807, 2.05) is 0 Å². The van der Waals surface area contributed by atoms with E-state index in [1.54, 1.807) is 0 Å². The van der Waals surface area contributed by atoms with E-state index in [4.69, 9.17) is 5.84 Å². The fourth-order valence-corrected chi connectivity index (χ4v) is 3.44. The summed E-state index contributed by atoms with van der Waals surface area (Å²) < 4.78 is 1.11. The summed E-state index contributed by atoms with van der Waals surface area (Å²) in [6.07, 6.45) is 1.20. The Labute approximate surface area is 128 Å². The van der Waals surface area contributed by atoms with Gasteiger partial charge in [-0.25, -0.2) is 0 Å². The predicted molar refractivity (Wildman–Crippen MR) is 86.2 cm³/mol. The van der Waals surface area contributed by atoms with Crippen molar-refractivity contribution in [1.82, 2.24) is 5.43 Å². The molecule has 2 aromatic carbocycles. The van der Waals surface area contributed by atoms with E-state index in [1.165, 1.54) is 23.1 Å². The first-order valence-electron chi connectivity index (χ1n) is 6.98. The molecule has 0 heterocycles. The highest BCUT2D eigenvalue weighted by molar-refractivity contribution is 9.10. The van der Waals surface area contributed by atoms with Crippen molar-refractivity contribution in [2.75, 3.05) is 0 Å². The Hall–Kier alpha value is -1.16. The van der Waals surface area contributed by atoms with Gasteiger partial charge in [-0.15, -0.1) is 0 Å². The first kappa shape index (κ1) is 13.8. The summed E-state index contributed by atoms with van der Waals surface area (Å²) in [5.41, 5.74) is 7.03. The highest BCUT2D eigenvalue weighted by Crippen LogP contribution is 2.54. The minimum absolute atomic E-state index is 0.220. The molecule has 104 valence electrons. The minimum Gasteiger partial charge on any atom is -0.271 e. The zero-order chi connectivity index (χ0) is 14.1. The van der Waals surface area contributed by atoms with Crippen molar-refractivity contribution in [3.05, 3.63) is 69.7 Å². The van der Waals surface area contributed by atoms with E-state index in [9.17, 15) is 0 Å². The van der Waals surface area contributed by atoms with Crippen LogP contribution in [0, 0.1) is 12.8 Å². The molecule has 1 aliphatic carbocycles. The normalized spacial score (nSPS) is 22.6. The van der Waals surface area contributed by atoms with Crippen molar-refractivity contribution >= 4 is 15.9 Å². The number of aryl methyl sites for hydroxylation is 1. The average Bonchev–Trinajstić information content (AvgIpc) is 3.25. The van der Waals surface area contributed by atoms with Gasteiger partial charge in [0, 0.05) is 10.5 Å². The molecular formula is C17H19BrN2. The number of nitrogens with one attached hydrogen (secondary N) is 1. The van der Waals surface area contributed by atoms with Gasteiger partial charge in [-0.3, -0.25) is 11.3 Å². The van der Waals surface area contributed by atoms with Crippen LogP contribution < -0.4 is 11.3 Å². The van der Waals surface area contributed by atoms with Crippen LogP contribution in [-0.2, 0) is 0 Å². The highest BCUT2D eigenvalue weighted by atomic mass is 79.9. The molecular weight excluding hydrogens is 312 g/mol. The predicted octanol–water partition coefficient (Wildman–Crippen LogP) is 4.07. The quantitative estimate of drug-likeness (QED) is 0.655. The molecule has 1 saturated carbocycles. The first-order valence-corrected chi connectivity index (χ1v) is 7.77. The lowest BCUT2D eigenvalue weighted by Crippen LogP contribution is -2.30. The van der Waals surface area contributed by atoms with Gasteiger partial charge in [0.2, 0.25) is 0 Å². The SMILES string of the molecule is Cc1ccc(Br)cc1C(NN)C1CC1c1ccccc1. The van der Waals surface area contributed by atoms with Gasteiger partial charge >= 0.3 is 0 Å². The Bertz CT molecular complexity index is 597. The monoisotopic (exact) mass is 330 g/mol. The number of nitrogens with two attached hydrogens (primary N) is 1. The topological polar surface area (TPSA) is 38.0 Å². The summed E-state index contributed by atoms with van der Waals surface area (Å²) in [6.45, 7) is 2.14. The molecule has 0 aliphatic heterocycles. The standard InChI is InChI=1S/C17H19BrN2/c1-11-7-8-13(18)9-14(11)17(20-19)16-10-15(16)12-5-3-2-4-6-12/h2-9,15-17,20H,10,19H2,1H3. The van der Waals surface area contributed by atoms with Crippen LogP contribution in [-0.4, -0.2) is 0 Å². The lowest BCUT2D eigenvalue weighted by atomic mass is 9.96. The third kappa shape index (κ3) is 2.66. The van der Waals surface area contributed by atoms with Crippen LogP contribution in [0.3, 0.4) is 0 Å². The van der Waals surface area contributed by atoms with Crippen LogP contribution in [0.2, 0.25) is 0 Å². The van der Waals surface area contributed by atoms with Gasteiger partial charge < -0.3 is 0 Å². The van der Waals surface area contributed by atoms with Gasteiger partial charge in [-0.2, -0.15) is 0 Å². The zero-order valence-corrected chi connectivity index (χ0v) is 13.1. The van der Waals surface area contributed by atoms with Crippen LogP contribution in [0.1, 0.15) is 35.1 Å². The molecule has 1 aliphatic rings. The van der Waals surface area contributed by atoms with Gasteiger partial charge in [0.15, 0.2) is 0 Å². The lowest BCUT2D eigenvalue weighted by Gasteiger charge is -2.19. The fraction of sp³-hybridized carbons (Fsp3) is 0.294. The minimum atomic E-state index is 0.220. The second-order valence-electron chi connectivity index (χ2n) is 5.56. The van der Waals surface area contributed by atoms with Crippen molar-refractivity contribution in [2.24, 2.45) is 11.8 Å². The van der Waals surface area contributed by atoms with Gasteiger partial charge in [-0.05, 0) is 54.0 Å². The van der Waals surface area contributed by atoms with Crippen molar-refractivity contribution < 1.29 is 0 Å². The summed E-state index contributed by atoms with van der Waals surface area (Å²) in [6, 6.07) is 17.3. The van der Waals surface area contributed by atoms with Gasteiger partial charge in [0.1, 0.15) is 0 Å². The molecule has 3 N–H and O–H groups in total. The number of rotatable bonds is 4. The molecule has 3 heteroatoms. The van der Waals surface area contributed by atoms with Crippen molar-refractivity contribution in [2.45, 2.75) is 25.3 Å². The number of hydrazine groups is 1. The van der Waals surface area contributed by atoms with Crippen molar-refractivity contribution in [1.29, 1.82) is 0 Å². The molecule has 1 fully saturated rings. The molecule has 2 nitrogen and oxygen atoms in total. The van der Waals surface area contributed by atoms with Crippen molar-refractivity contribution in [3.8, 4) is 0 Å². The molecule has 2 aromatic rings. The Balaban J connectivity index is 1.84. The molecule has 20 heavy (non-hydrogen) atoms. The Morgan fingerprint density at radius 3 is 2.65 bits per heavy atom. The summed E-state index contributed by atoms with van der Waals surface area (Å²) in [4.78, 5) is 0. The number of hydrogen-bond acceptors (Lipinski definition) is 2. The molecule has 3 unspecified atom stereocenters. The smallest absolute Gasteiger partial charge is 0.0497 e. The maximum Gasteiger partial charge on any atom is 0.0497 e. The summed E-state index contributed by atoms with van der Waals surface area (Å²) in [7, 11) is 0. The second-order valence-corrected chi connectivity index (χ2v) is 6.48. The largest absolute Gasteiger partial charge is 0.271 e. The van der Waals surface area contributed by atoms with Crippen LogP contribution >= 0.6 is 15.9 Å². The number of halogens is 1. The van der Waals surface area contributed by atoms with E-state index >= 15 is 0 Å². The van der Waals surface area contributed by atoms with Crippen LogP contribution in [0.5, 0.6) is 0 Å². The summed E-state index contributed by atoms with van der Waals surface area (Å²) >= 11 is 3.55. The second kappa shape index (κ2) is 5.68. The summed E-state index contributed by atoms with van der Waals surface area (Å²) in [5, 5.41) is 0. The Morgan fingerprint density at radius 2 is 1.95 bits per heavy atom. The first-order chi connectivity index (χ1) is 9.70. The van der Waals surface area contributed by atoms with E-state index in [0.29, 0.717) is 11.8 Å². The summed E-state index contributed by atoms with van der Waals surface area (Å²) in [5.74, 6) is 7.04. The molecule has 0 aromatic heterocycles. The average molecular weight is 331 g/mol. The van der Waals surface area contributed by atoms with Crippen molar-refractivity contribution in [3.63, 3.8) is 0 Å². The van der Waals surface area contributed by atoms with Crippen LogP contribution in [0.15, 0.2) is 53.0 Å². The fourth-order valence-electron chi connectivity index (χ4n) is 3.06. The van der Waals surface area contributed by atoms with Gasteiger partial charge in [0.05, 0.1) is 0 Å². The molecule has 0 amide bonds. The van der Waals surface area contributed by atoms with Gasteiger partial charge in [0.25, 0.3) is 0 Å². The van der Waals surface area contributed by atoms with E-state index < -0.39 is 0 Å². The number of benzene rings is 2. The third-order valence-electron chi connectivity index (χ3n) is 4.25. The van der Waals surface area contributed by atoms with E-state index in [0.717, 1.165) is 4.47 Å². The maximum atomic E-state index is 5.84. The maximum absolute atomic E-state index is 5.84. The van der Waals surface area contributed by atoms with Crippen LogP contribution in [0.25, 0.3) is 0 Å². The molecule has 0 radical (unpaired) electrons. The highest BCUT2D eigenvalue weighted by Gasteiger charge is 2.44. The Kier molecular flexibility index (Phi) is 3.92. The molecule has 0 saturated heterocycles. The molecule has 0 bridgehead atoms. The molecule has 3 atom stereocenters. The lowest BCUT2D eigenvalue weighted by molar-refractivity contribution is 0.485. The number of hydrogen-bond donors (Lipinski definition) is 2.